The van der Waals surface area contributed by atoms with Crippen molar-refractivity contribution in [3.8, 4) is 28.3 Å². The number of aldehydes is 1. The van der Waals surface area contributed by atoms with Gasteiger partial charge in [-0.15, -0.1) is 11.3 Å². The van der Waals surface area contributed by atoms with Gasteiger partial charge in [-0.2, -0.15) is 0 Å². The van der Waals surface area contributed by atoms with Crippen molar-refractivity contribution in [2.75, 3.05) is 7.11 Å². The molecule has 136 valence electrons. The minimum Gasteiger partial charge on any atom is -0.496 e. The van der Waals surface area contributed by atoms with Crippen molar-refractivity contribution in [3.05, 3.63) is 64.2 Å². The molecular weight excluding hydrogens is 356 g/mol. The van der Waals surface area contributed by atoms with Gasteiger partial charge in [-0.1, -0.05) is 35.9 Å². The van der Waals surface area contributed by atoms with Crippen LogP contribution >= 0.6 is 11.3 Å². The fourth-order valence-electron chi connectivity index (χ4n) is 3.58. The zero-order valence-electron chi connectivity index (χ0n) is 15.7. The summed E-state index contributed by atoms with van der Waals surface area (Å²) < 4.78 is 7.46. The Morgan fingerprint density at radius 2 is 1.85 bits per heavy atom. The third kappa shape index (κ3) is 2.75. The maximum Gasteiger partial charge on any atom is 0.195 e. The second kappa shape index (κ2) is 6.67. The lowest BCUT2D eigenvalue weighted by Crippen LogP contribution is -1.97. The number of rotatable bonds is 4. The van der Waals surface area contributed by atoms with E-state index in [0.29, 0.717) is 17.1 Å². The van der Waals surface area contributed by atoms with E-state index in [1.54, 1.807) is 18.4 Å². The fraction of sp³-hybridized carbons (Fsp3) is 0.182. The first kappa shape index (κ1) is 17.5. The van der Waals surface area contributed by atoms with Crippen LogP contribution in [0.15, 0.2) is 42.5 Å². The zero-order valence-corrected chi connectivity index (χ0v) is 16.6. The Labute approximate surface area is 162 Å². The van der Waals surface area contributed by atoms with Gasteiger partial charge >= 0.3 is 0 Å². The summed E-state index contributed by atoms with van der Waals surface area (Å²) >= 11 is 1.60. The van der Waals surface area contributed by atoms with Crippen molar-refractivity contribution in [2.45, 2.75) is 20.8 Å². The normalized spacial score (nSPS) is 11.1. The molecule has 0 spiro atoms. The summed E-state index contributed by atoms with van der Waals surface area (Å²) in [6, 6.07) is 14.0. The number of imidazole rings is 1. The minimum atomic E-state index is 0.550. The highest BCUT2D eigenvalue weighted by Crippen LogP contribution is 2.39. The molecule has 27 heavy (non-hydrogen) atoms. The molecule has 0 radical (unpaired) electrons. The number of nitrogens with zero attached hydrogens (tertiary/aromatic N) is 2. The second-order valence-corrected chi connectivity index (χ2v) is 7.79. The Morgan fingerprint density at radius 1 is 1.07 bits per heavy atom. The molecule has 0 aliphatic rings. The van der Waals surface area contributed by atoms with Gasteiger partial charge in [0, 0.05) is 16.0 Å². The molecule has 0 unspecified atom stereocenters. The predicted octanol–water partition coefficient (Wildman–Crippen LogP) is 5.48. The van der Waals surface area contributed by atoms with Crippen LogP contribution in [0.2, 0.25) is 0 Å². The average Bonchev–Trinajstić information content (AvgIpc) is 3.16. The molecule has 5 heteroatoms. The zero-order chi connectivity index (χ0) is 19.1. The van der Waals surface area contributed by atoms with Crippen molar-refractivity contribution < 1.29 is 9.53 Å². The Kier molecular flexibility index (Phi) is 4.32. The van der Waals surface area contributed by atoms with Crippen molar-refractivity contribution >= 4 is 22.6 Å². The van der Waals surface area contributed by atoms with E-state index in [0.717, 1.165) is 32.9 Å². The number of hydrogen-bond donors (Lipinski definition) is 0. The molecule has 0 saturated heterocycles. The third-order valence-electron chi connectivity index (χ3n) is 4.79. The van der Waals surface area contributed by atoms with Gasteiger partial charge in [0.15, 0.2) is 11.2 Å². The van der Waals surface area contributed by atoms with Crippen LogP contribution < -0.4 is 4.74 Å². The molecule has 0 bridgehead atoms. The van der Waals surface area contributed by atoms with E-state index in [1.165, 1.54) is 11.1 Å². The second-order valence-electron chi connectivity index (χ2n) is 6.61. The van der Waals surface area contributed by atoms with Gasteiger partial charge in [0.05, 0.1) is 12.8 Å². The molecule has 2 heterocycles. The van der Waals surface area contributed by atoms with Gasteiger partial charge in [0.25, 0.3) is 0 Å². The van der Waals surface area contributed by atoms with E-state index in [9.17, 15) is 4.79 Å². The predicted molar refractivity (Wildman–Crippen MR) is 110 cm³/mol. The molecule has 4 aromatic rings. The van der Waals surface area contributed by atoms with Gasteiger partial charge in [0.1, 0.15) is 17.1 Å². The van der Waals surface area contributed by atoms with E-state index in [1.807, 2.05) is 28.7 Å². The molecule has 0 aliphatic carbocycles. The molecule has 0 fully saturated rings. The van der Waals surface area contributed by atoms with Gasteiger partial charge in [-0.25, -0.2) is 4.98 Å². The molecule has 0 atom stereocenters. The van der Waals surface area contributed by atoms with E-state index in [2.05, 4.69) is 39.0 Å². The van der Waals surface area contributed by atoms with Crippen molar-refractivity contribution in [1.29, 1.82) is 0 Å². The number of ether oxygens (including phenoxy) is 1. The first-order chi connectivity index (χ1) is 13.0. The van der Waals surface area contributed by atoms with Gasteiger partial charge < -0.3 is 4.74 Å². The monoisotopic (exact) mass is 376 g/mol. The summed E-state index contributed by atoms with van der Waals surface area (Å²) in [6.07, 6.45) is 0.890. The first-order valence-corrected chi connectivity index (χ1v) is 9.54. The molecule has 2 aromatic heterocycles. The van der Waals surface area contributed by atoms with Crippen LogP contribution in [0.25, 0.3) is 27.5 Å². The highest BCUT2D eigenvalue weighted by molar-refractivity contribution is 7.17. The molecule has 0 saturated carbocycles. The van der Waals surface area contributed by atoms with Gasteiger partial charge in [-0.3, -0.25) is 9.20 Å². The summed E-state index contributed by atoms with van der Waals surface area (Å²) in [7, 11) is 1.63. The third-order valence-corrected chi connectivity index (χ3v) is 5.75. The quantitative estimate of drug-likeness (QED) is 0.443. The van der Waals surface area contributed by atoms with Crippen LogP contribution in [0.5, 0.6) is 5.75 Å². The molecule has 4 nitrogen and oxygen atoms in total. The van der Waals surface area contributed by atoms with Gasteiger partial charge in [-0.05, 0) is 38.5 Å². The number of thiazole rings is 1. The fourth-order valence-corrected chi connectivity index (χ4v) is 4.57. The molecule has 2 aromatic carbocycles. The molecule has 0 N–H and O–H groups in total. The van der Waals surface area contributed by atoms with Gasteiger partial charge in [0.2, 0.25) is 0 Å². The van der Waals surface area contributed by atoms with E-state index in [-0.39, 0.29) is 0 Å². The molecule has 4 rings (SSSR count). The van der Waals surface area contributed by atoms with Crippen LogP contribution in [0.3, 0.4) is 0 Å². The number of aryl methyl sites for hydroxylation is 3. The highest BCUT2D eigenvalue weighted by atomic mass is 32.1. The summed E-state index contributed by atoms with van der Waals surface area (Å²) in [5.74, 6) is 0.705. The Balaban J connectivity index is 2.04. The lowest BCUT2D eigenvalue weighted by molar-refractivity contribution is 0.111. The van der Waals surface area contributed by atoms with Crippen molar-refractivity contribution in [3.63, 3.8) is 0 Å². The number of para-hydroxylation sites is 1. The van der Waals surface area contributed by atoms with Crippen LogP contribution in [0, 0.1) is 20.8 Å². The Hall–Kier alpha value is -2.92. The van der Waals surface area contributed by atoms with E-state index < -0.39 is 0 Å². The Bertz CT molecular complexity index is 1170. The van der Waals surface area contributed by atoms with E-state index in [4.69, 9.17) is 9.72 Å². The van der Waals surface area contributed by atoms with Crippen molar-refractivity contribution in [1.82, 2.24) is 9.38 Å². The Morgan fingerprint density at radius 3 is 2.56 bits per heavy atom. The summed E-state index contributed by atoms with van der Waals surface area (Å²) in [5, 5.41) is 0. The smallest absolute Gasteiger partial charge is 0.195 e. The maximum atomic E-state index is 12.1. The molecule has 0 amide bonds. The number of carbonyl (C=O) groups excluding carboxylic acids is 1. The van der Waals surface area contributed by atoms with Crippen LogP contribution in [-0.2, 0) is 0 Å². The number of aromatic nitrogens is 2. The summed E-state index contributed by atoms with van der Waals surface area (Å²) in [4.78, 5) is 18.8. The van der Waals surface area contributed by atoms with E-state index >= 15 is 0 Å². The minimum absolute atomic E-state index is 0.550. The SMILES string of the molecule is COc1ccccc1-c1nc2sc(C)c(-c3ccc(C)cc3C)n2c1C=O. The summed E-state index contributed by atoms with van der Waals surface area (Å²) in [5.41, 5.74) is 6.58. The van der Waals surface area contributed by atoms with Crippen LogP contribution in [0.4, 0.5) is 0 Å². The number of methoxy groups -OCH3 is 1. The lowest BCUT2D eigenvalue weighted by Gasteiger charge is -2.10. The highest BCUT2D eigenvalue weighted by Gasteiger charge is 2.23. The first-order valence-electron chi connectivity index (χ1n) is 8.73. The largest absolute Gasteiger partial charge is 0.496 e. The molecular formula is C22H20N2O2S. The van der Waals surface area contributed by atoms with Crippen LogP contribution in [0.1, 0.15) is 26.5 Å². The van der Waals surface area contributed by atoms with Crippen molar-refractivity contribution in [2.24, 2.45) is 0 Å². The maximum absolute atomic E-state index is 12.1. The standard InChI is InChI=1S/C22H20N2O2S/c1-13-9-10-16(14(2)11-13)21-15(3)27-22-23-20(18(12-25)24(21)22)17-7-5-6-8-19(17)26-4/h5-12H,1-4H3. The number of hydrogen-bond acceptors (Lipinski definition) is 4. The number of carbonyl (C=O) groups is 1. The van der Waals surface area contributed by atoms with Crippen LogP contribution in [-0.4, -0.2) is 22.8 Å². The molecule has 0 aliphatic heterocycles. The number of fused-ring (bicyclic) bond motifs is 1. The average molecular weight is 376 g/mol. The number of benzene rings is 2. The summed E-state index contributed by atoms with van der Waals surface area (Å²) in [6.45, 7) is 6.26. The lowest BCUT2D eigenvalue weighted by atomic mass is 10.0. The topological polar surface area (TPSA) is 43.6 Å².